The number of carbonyl (C=O) groups is 1. The van der Waals surface area contributed by atoms with Crippen LogP contribution in [-0.4, -0.2) is 12.5 Å². The molecule has 2 N–H and O–H groups in total. The summed E-state index contributed by atoms with van der Waals surface area (Å²) in [4.78, 5) is 12.2. The van der Waals surface area contributed by atoms with Crippen LogP contribution in [0.3, 0.4) is 0 Å². The first kappa shape index (κ1) is 11.7. The predicted molar refractivity (Wildman–Crippen MR) is 72.7 cm³/mol. The molecule has 4 heteroatoms. The van der Waals surface area contributed by atoms with E-state index in [1.54, 1.807) is 12.1 Å². The molecule has 1 atom stereocenters. The van der Waals surface area contributed by atoms with E-state index >= 15 is 0 Å². The number of benzene rings is 2. The Bertz CT molecular complexity index is 610. The number of nitrogens with one attached hydrogen (secondary N) is 2. The molecule has 1 amide bonds. The number of amides is 1. The molecule has 1 unspecified atom stereocenters. The zero-order valence-electron chi connectivity index (χ0n) is 10.2. The highest BCUT2D eigenvalue weighted by molar-refractivity contribution is 5.98. The molecule has 0 aliphatic carbocycles. The maximum absolute atomic E-state index is 12.8. The first-order valence-corrected chi connectivity index (χ1v) is 6.13. The van der Waals surface area contributed by atoms with Gasteiger partial charge in [0.05, 0.1) is 5.92 Å². The molecule has 1 aliphatic rings. The van der Waals surface area contributed by atoms with E-state index in [9.17, 15) is 9.18 Å². The minimum Gasteiger partial charge on any atom is -0.384 e. The SMILES string of the molecule is O=C(Nc1ccc(F)cc1)C1CNc2ccccc21. The van der Waals surface area contributed by atoms with Crippen molar-refractivity contribution in [3.8, 4) is 0 Å². The van der Waals surface area contributed by atoms with Crippen LogP contribution in [0.15, 0.2) is 48.5 Å². The normalized spacial score (nSPS) is 16.6. The molecule has 0 saturated heterocycles. The molecular weight excluding hydrogens is 243 g/mol. The molecule has 1 aliphatic heterocycles. The van der Waals surface area contributed by atoms with Gasteiger partial charge in [-0.05, 0) is 35.9 Å². The average Bonchev–Trinajstić information content (AvgIpc) is 2.85. The monoisotopic (exact) mass is 256 g/mol. The summed E-state index contributed by atoms with van der Waals surface area (Å²) in [5, 5.41) is 6.01. The smallest absolute Gasteiger partial charge is 0.233 e. The zero-order valence-corrected chi connectivity index (χ0v) is 10.2. The van der Waals surface area contributed by atoms with Crippen LogP contribution in [0.25, 0.3) is 0 Å². The zero-order chi connectivity index (χ0) is 13.2. The quantitative estimate of drug-likeness (QED) is 0.867. The topological polar surface area (TPSA) is 41.1 Å². The summed E-state index contributed by atoms with van der Waals surface area (Å²) >= 11 is 0. The lowest BCUT2D eigenvalue weighted by molar-refractivity contribution is -0.117. The van der Waals surface area contributed by atoms with E-state index in [1.165, 1.54) is 12.1 Å². The first-order valence-electron chi connectivity index (χ1n) is 6.13. The molecule has 3 rings (SSSR count). The Morgan fingerprint density at radius 3 is 2.68 bits per heavy atom. The third kappa shape index (κ3) is 2.29. The molecule has 19 heavy (non-hydrogen) atoms. The number of hydrogen-bond donors (Lipinski definition) is 2. The summed E-state index contributed by atoms with van der Waals surface area (Å²) in [6.45, 7) is 0.590. The Morgan fingerprint density at radius 1 is 1.16 bits per heavy atom. The van der Waals surface area contributed by atoms with Gasteiger partial charge in [-0.15, -0.1) is 0 Å². The second-order valence-corrected chi connectivity index (χ2v) is 4.52. The van der Waals surface area contributed by atoms with Gasteiger partial charge < -0.3 is 10.6 Å². The van der Waals surface area contributed by atoms with Crippen LogP contribution in [0.2, 0.25) is 0 Å². The third-order valence-corrected chi connectivity index (χ3v) is 3.26. The summed E-state index contributed by atoms with van der Waals surface area (Å²) in [6, 6.07) is 13.5. The van der Waals surface area contributed by atoms with Crippen LogP contribution in [0, 0.1) is 5.82 Å². The molecule has 2 aromatic carbocycles. The van der Waals surface area contributed by atoms with Gasteiger partial charge in [0.15, 0.2) is 0 Å². The van der Waals surface area contributed by atoms with E-state index in [4.69, 9.17) is 0 Å². The third-order valence-electron chi connectivity index (χ3n) is 3.26. The van der Waals surface area contributed by atoms with Crippen molar-refractivity contribution in [1.82, 2.24) is 0 Å². The van der Waals surface area contributed by atoms with Gasteiger partial charge >= 0.3 is 0 Å². The van der Waals surface area contributed by atoms with Crippen LogP contribution in [0.1, 0.15) is 11.5 Å². The number of hydrogen-bond acceptors (Lipinski definition) is 2. The van der Waals surface area contributed by atoms with E-state index in [-0.39, 0.29) is 17.6 Å². The number of halogens is 1. The van der Waals surface area contributed by atoms with Crippen molar-refractivity contribution in [3.63, 3.8) is 0 Å². The summed E-state index contributed by atoms with van der Waals surface area (Å²) in [5.74, 6) is -0.601. The molecule has 96 valence electrons. The predicted octanol–water partition coefficient (Wildman–Crippen LogP) is 2.97. The lowest BCUT2D eigenvalue weighted by Crippen LogP contribution is -2.22. The van der Waals surface area contributed by atoms with Gasteiger partial charge in [-0.1, -0.05) is 18.2 Å². The largest absolute Gasteiger partial charge is 0.384 e. The lowest BCUT2D eigenvalue weighted by atomic mass is 10.0. The Balaban J connectivity index is 1.77. The van der Waals surface area contributed by atoms with Gasteiger partial charge in [-0.25, -0.2) is 4.39 Å². The van der Waals surface area contributed by atoms with Crippen molar-refractivity contribution in [1.29, 1.82) is 0 Å². The maximum atomic E-state index is 12.8. The van der Waals surface area contributed by atoms with Crippen LogP contribution < -0.4 is 10.6 Å². The van der Waals surface area contributed by atoms with Gasteiger partial charge in [-0.2, -0.15) is 0 Å². The van der Waals surface area contributed by atoms with E-state index < -0.39 is 0 Å². The lowest BCUT2D eigenvalue weighted by Gasteiger charge is -2.11. The van der Waals surface area contributed by atoms with Crippen LogP contribution in [0.5, 0.6) is 0 Å². The molecule has 0 bridgehead atoms. The van der Waals surface area contributed by atoms with Crippen LogP contribution in [0.4, 0.5) is 15.8 Å². The highest BCUT2D eigenvalue weighted by atomic mass is 19.1. The number of fused-ring (bicyclic) bond motifs is 1. The van der Waals surface area contributed by atoms with Crippen molar-refractivity contribution >= 4 is 17.3 Å². The molecule has 3 nitrogen and oxygen atoms in total. The van der Waals surface area contributed by atoms with Gasteiger partial charge in [0, 0.05) is 17.9 Å². The van der Waals surface area contributed by atoms with Gasteiger partial charge in [0.2, 0.25) is 5.91 Å². The minimum atomic E-state index is -0.314. The summed E-state index contributed by atoms with van der Waals surface area (Å²) in [7, 11) is 0. The maximum Gasteiger partial charge on any atom is 0.233 e. The molecular formula is C15H13FN2O. The molecule has 0 fully saturated rings. The summed E-state index contributed by atoms with van der Waals surface area (Å²) in [5.41, 5.74) is 2.61. The molecule has 0 aromatic heterocycles. The second kappa shape index (κ2) is 4.72. The number of carbonyl (C=O) groups excluding carboxylic acids is 1. The van der Waals surface area contributed by atoms with E-state index in [2.05, 4.69) is 10.6 Å². The highest BCUT2D eigenvalue weighted by Gasteiger charge is 2.27. The van der Waals surface area contributed by atoms with Crippen molar-refractivity contribution < 1.29 is 9.18 Å². The van der Waals surface area contributed by atoms with E-state index in [1.807, 2.05) is 24.3 Å². The fraction of sp³-hybridized carbons (Fsp3) is 0.133. The van der Waals surface area contributed by atoms with Gasteiger partial charge in [0.1, 0.15) is 5.82 Å². The van der Waals surface area contributed by atoms with Crippen LogP contribution in [-0.2, 0) is 4.79 Å². The fourth-order valence-electron chi connectivity index (χ4n) is 2.28. The van der Waals surface area contributed by atoms with E-state index in [0.29, 0.717) is 12.2 Å². The molecule has 1 heterocycles. The average molecular weight is 256 g/mol. The number of para-hydroxylation sites is 1. The summed E-state index contributed by atoms with van der Waals surface area (Å²) < 4.78 is 12.8. The second-order valence-electron chi connectivity index (χ2n) is 4.52. The van der Waals surface area contributed by atoms with Gasteiger partial charge in [0.25, 0.3) is 0 Å². The Hall–Kier alpha value is -2.36. The molecule has 2 aromatic rings. The van der Waals surface area contributed by atoms with Gasteiger partial charge in [-0.3, -0.25) is 4.79 Å². The standard InChI is InChI=1S/C15H13FN2O/c16-10-5-7-11(8-6-10)18-15(19)13-9-17-14-4-2-1-3-12(13)14/h1-8,13,17H,9H2,(H,18,19). The Labute approximate surface area is 110 Å². The summed E-state index contributed by atoms with van der Waals surface area (Å²) in [6.07, 6.45) is 0. The fourth-order valence-corrected chi connectivity index (χ4v) is 2.28. The number of anilines is 2. The van der Waals surface area contributed by atoms with Crippen molar-refractivity contribution in [2.24, 2.45) is 0 Å². The minimum absolute atomic E-state index is 0.0796. The van der Waals surface area contributed by atoms with Crippen LogP contribution >= 0.6 is 0 Å². The first-order chi connectivity index (χ1) is 9.24. The highest BCUT2D eigenvalue weighted by Crippen LogP contribution is 2.31. The van der Waals surface area contributed by atoms with Crippen molar-refractivity contribution in [2.45, 2.75) is 5.92 Å². The van der Waals surface area contributed by atoms with E-state index in [0.717, 1.165) is 11.3 Å². The van der Waals surface area contributed by atoms with Crippen molar-refractivity contribution in [2.75, 3.05) is 17.2 Å². The number of rotatable bonds is 2. The molecule has 0 saturated carbocycles. The molecule has 0 radical (unpaired) electrons. The Kier molecular flexibility index (Phi) is 2.91. The molecule has 0 spiro atoms. The van der Waals surface area contributed by atoms with Crippen molar-refractivity contribution in [3.05, 3.63) is 59.9 Å². The Morgan fingerprint density at radius 2 is 1.89 bits per heavy atom.